The second-order valence-corrected chi connectivity index (χ2v) is 64.6. The van der Waals surface area contributed by atoms with E-state index < -0.39 is 32.9 Å². The van der Waals surface area contributed by atoms with Crippen LogP contribution in [0, 0.1) is 80.2 Å². The van der Waals surface area contributed by atoms with Crippen LogP contribution >= 0.6 is 23.2 Å². The Morgan fingerprint density at radius 1 is 0.491 bits per heavy atom. The quantitative estimate of drug-likeness (QED) is 0.0295. The Kier molecular flexibility index (Phi) is 144. The first-order chi connectivity index (χ1) is 52.0. The molecule has 0 aliphatic carbocycles. The summed E-state index contributed by atoms with van der Waals surface area (Å²) >= 11 is 56.8. The van der Waals surface area contributed by atoms with Gasteiger partial charge in [0, 0.05) is 391 Å². The van der Waals surface area contributed by atoms with Crippen molar-refractivity contribution in [2.24, 2.45) is 29.6 Å². The van der Waals surface area contributed by atoms with E-state index in [9.17, 15) is 65.1 Å². The van der Waals surface area contributed by atoms with Crippen LogP contribution in [0.25, 0.3) is 6.08 Å². The number of phenols is 2. The predicted octanol–water partition coefficient (Wildman–Crippen LogP) is 6.57. The van der Waals surface area contributed by atoms with Crippen molar-refractivity contribution < 1.29 is 115 Å². The number of allylic oxidation sites excluding steroid dienone is 1. The molecule has 7 atom stereocenters. The van der Waals surface area contributed by atoms with Crippen molar-refractivity contribution >= 4 is 382 Å². The summed E-state index contributed by atoms with van der Waals surface area (Å²) < 4.78 is 4.89. The van der Waals surface area contributed by atoms with Crippen molar-refractivity contribution in [3.05, 3.63) is 114 Å². The molecule has 0 saturated heterocycles. The van der Waals surface area contributed by atoms with Crippen LogP contribution in [-0.4, -0.2) is 97.4 Å². The first-order valence-corrected chi connectivity index (χ1v) is 70.7. The van der Waals surface area contributed by atoms with E-state index in [0.29, 0.717) is 29.8 Å². The minimum atomic E-state index is -0.787. The van der Waals surface area contributed by atoms with Crippen molar-refractivity contribution in [1.29, 1.82) is 0 Å². The second kappa shape index (κ2) is 114. The summed E-state index contributed by atoms with van der Waals surface area (Å²) in [5.41, 5.74) is 1.25. The monoisotopic (exact) mass is 2290 g/mol. The van der Waals surface area contributed by atoms with Gasteiger partial charge in [-0.25, -0.2) is 0 Å². The zero-order chi connectivity index (χ0) is 86.9. The molecule has 0 spiro atoms. The maximum atomic E-state index is 11.1. The number of nitrogens with zero attached hydrogens (tertiary/aromatic N) is 5. The van der Waals surface area contributed by atoms with Crippen LogP contribution in [0.5, 0.6) is 11.5 Å². The largest absolute Gasteiger partial charge is 1.00 e. The van der Waals surface area contributed by atoms with Gasteiger partial charge in [-0.2, -0.15) is 0 Å². The molecule has 112 heavy (non-hydrogen) atoms. The number of esters is 1. The van der Waals surface area contributed by atoms with Crippen molar-refractivity contribution in [1.82, 2.24) is 0 Å². The van der Waals surface area contributed by atoms with Crippen LogP contribution < -0.4 is 56.1 Å². The molecule has 0 bridgehead atoms. The number of benzene rings is 2. The van der Waals surface area contributed by atoms with Crippen molar-refractivity contribution in [3.63, 3.8) is 0 Å². The van der Waals surface area contributed by atoms with Gasteiger partial charge in [0.05, 0.1) is 15.0 Å². The summed E-state index contributed by atoms with van der Waals surface area (Å²) in [6.45, 7) is 20.7. The number of hydrogen-bond donors (Lipinski definition) is 3. The SMILES string of the molecule is CCCC(C)C(C[N+](=O)[O-])OC(C)=O.CCCC(C)C(O)C[N+](=O)[O-].CCCC(C)C/C(=C\c1ccc(O)c(Cl)c1)[N+](=O)[O-].CCCC(C)C=O.CCCC(C)CC[N+](=O)[O-].C[N+](=O)[O-].O=Cc1ccc(O)c(Cl)c1.S=S=S=S=S.S=S=S=S=S=S.S=S=S=S=S=S=S.S=S=S=S=S=S=S=S.S=S=S=S=S=S=S=S=S.[F-].[K+]. The Labute approximate surface area is 829 Å². The molecule has 0 aromatic heterocycles. The van der Waals surface area contributed by atoms with Crippen LogP contribution in [0.2, 0.25) is 10.0 Å². The molecule has 61 heteroatoms. The summed E-state index contributed by atoms with van der Waals surface area (Å²) in [6.07, 6.45) is 12.8. The van der Waals surface area contributed by atoms with Gasteiger partial charge in [-0.05, 0) is 78.8 Å². The summed E-state index contributed by atoms with van der Waals surface area (Å²) in [4.78, 5) is 78.8. The molecule has 3 N–H and O–H groups in total. The van der Waals surface area contributed by atoms with E-state index in [4.69, 9.17) is 43.2 Å². The smallest absolute Gasteiger partial charge is 1.00 e. The number of aliphatic hydroxyl groups excluding tert-OH is 1. The maximum Gasteiger partial charge on any atom is 1.00 e. The fourth-order valence-electron chi connectivity index (χ4n) is 6.51. The van der Waals surface area contributed by atoms with Crippen LogP contribution in [0.1, 0.15) is 169 Å². The molecule has 0 aliphatic heterocycles. The van der Waals surface area contributed by atoms with Crippen LogP contribution in [0.4, 0.5) is 0 Å². The third kappa shape index (κ3) is 129. The number of hydrogen-bond acceptors (Lipinski definition) is 27. The number of aliphatic hydroxyl groups is 1. The number of aldehydes is 2. The van der Waals surface area contributed by atoms with Gasteiger partial charge in [0.2, 0.25) is 25.3 Å². The fraction of sp³-hybridized carbons (Fsp3) is 0.667. The zero-order valence-corrected chi connectivity index (χ0v) is 94.8. The Balaban J connectivity index is -0.0000000994. The number of rotatable bonds is 26. The van der Waals surface area contributed by atoms with E-state index in [0.717, 1.165) is 84.0 Å². The molecule has 22 nitrogen and oxygen atoms in total. The van der Waals surface area contributed by atoms with Crippen LogP contribution in [0.3, 0.4) is 0 Å². The molecule has 2 rings (SSSR count). The van der Waals surface area contributed by atoms with Gasteiger partial charge in [0.15, 0.2) is 13.2 Å². The standard InChI is InChI=1S/C14H18ClNO3.C9H17NO4.C7H5ClO2.C7H15NO3.C7H15NO2.C6H12O.CH3NO2.FH.K.S9.S8.S7.S6.S5/c1-3-4-10(2)7-12(16(18)19)8-11-5-6-14(17)13(15)9-11;1-4-5-7(2)9(6-10(12)13)14-8(3)11;8-6-3-5(4-9)1-2-7(6)10;1-3-4-6(2)7(9)5-8(10)11;1-3-4-7(2)5-6-8(9)10;1-3-4-6(2)5-7;1-2(3)4;;;1-3-5-7-9-8-6-4-2;1-3-5-7-8-6-4-2;1-3-5-7-6-4-2;1-3-5-6-4-2;1-3-5-4-2/h5-6,8-10,17H,3-4,7H2,1-2H3;7,9H,4-6H2,1-3H3;1-4,10H;6-7,9H,3-5H2,1-2H3;7H,3-6H2,1-2H3;5-6H,3-4H2,1-2H3;1H3;1H;;;;;;/q;;;;;;;;+1;;;;;/p-1/b12-8+;;;;;;;;;;;;;. The third-order valence-electron chi connectivity index (χ3n) is 10.9. The van der Waals surface area contributed by atoms with E-state index >= 15 is 0 Å². The molecule has 0 heterocycles. The predicted molar refractivity (Wildman–Crippen MR) is 550 cm³/mol. The van der Waals surface area contributed by atoms with Crippen LogP contribution in [0.15, 0.2) is 42.1 Å². The van der Waals surface area contributed by atoms with Gasteiger partial charge >= 0.3 is 57.4 Å². The molecule has 2 aromatic rings. The molecular formula is C51H85Cl2FKN5O17S35. The van der Waals surface area contributed by atoms with Crippen molar-refractivity contribution in [2.45, 2.75) is 165 Å². The van der Waals surface area contributed by atoms with Crippen molar-refractivity contribution in [2.75, 3.05) is 26.7 Å². The third-order valence-corrected chi connectivity index (χ3v) is 55.9. The summed E-state index contributed by atoms with van der Waals surface area (Å²) in [5.74, 6) is 0.627. The number of halogens is 3. The number of aromatic hydroxyl groups is 2. The van der Waals surface area contributed by atoms with Crippen molar-refractivity contribution in [3.8, 4) is 11.5 Å². The van der Waals surface area contributed by atoms with Gasteiger partial charge in [-0.3, -0.25) is 60.2 Å². The summed E-state index contributed by atoms with van der Waals surface area (Å²) in [5, 5.41) is 77.8. The van der Waals surface area contributed by atoms with E-state index in [1.165, 1.54) is 159 Å². The Morgan fingerprint density at radius 2 is 0.812 bits per heavy atom. The van der Waals surface area contributed by atoms with E-state index in [1.807, 2.05) is 41.5 Å². The molecule has 0 aliphatic rings. The molecule has 0 fully saturated rings. The molecule has 0 radical (unpaired) electrons. The normalized spacial score (nSPS) is 10.7. The summed E-state index contributed by atoms with van der Waals surface area (Å²) in [6, 6.07) is 8.84. The average Bonchev–Trinajstić information content (AvgIpc) is 0.934. The van der Waals surface area contributed by atoms with Gasteiger partial charge in [-0.1, -0.05) is 143 Å². The Morgan fingerprint density at radius 3 is 1.10 bits per heavy atom. The number of nitro groups is 5. The molecular weight excluding hydrogens is 2210 g/mol. The first-order valence-electron chi connectivity index (χ1n) is 29.9. The number of carbonyl (C=O) groups excluding carboxylic acids is 3. The van der Waals surface area contributed by atoms with E-state index in [1.54, 1.807) is 113 Å². The van der Waals surface area contributed by atoms with Crippen LogP contribution in [-0.2, 0) is 348 Å². The topological polar surface area (TPSA) is 337 Å². The van der Waals surface area contributed by atoms with Gasteiger partial charge in [0.1, 0.15) is 30.2 Å². The van der Waals surface area contributed by atoms with Gasteiger partial charge in [-0.15, -0.1) is 0 Å². The number of carbonyl (C=O) groups is 3. The maximum absolute atomic E-state index is 11.1. The summed E-state index contributed by atoms with van der Waals surface area (Å²) in [7, 11) is 37.9. The zero-order valence-electron chi connectivity index (χ0n) is 61.6. The second-order valence-electron chi connectivity index (χ2n) is 19.6. The van der Waals surface area contributed by atoms with E-state index in [-0.39, 0.29) is 136 Å². The molecule has 648 valence electrons. The Bertz CT molecular complexity index is 4100. The minimum Gasteiger partial charge on any atom is -1.00 e. The van der Waals surface area contributed by atoms with Gasteiger partial charge in [0.25, 0.3) is 0 Å². The molecule has 0 amide bonds. The van der Waals surface area contributed by atoms with Gasteiger partial charge < -0.3 is 29.6 Å². The molecule has 2 aromatic carbocycles. The first kappa shape index (κ1) is 141. The number of ether oxygens (including phenoxy) is 1. The number of phenolic OH excluding ortho intramolecular Hbond substituents is 2. The molecule has 7 unspecified atom stereocenters. The molecule has 0 saturated carbocycles. The fourth-order valence-corrected chi connectivity index (χ4v) is 48.1. The van der Waals surface area contributed by atoms with E-state index in [2.05, 4.69) is 140 Å². The minimum absolute atomic E-state index is 0. The average molecular weight is 2290 g/mol. The Hall–Kier alpha value is 3.40.